The molecule has 0 amide bonds. The van der Waals surface area contributed by atoms with E-state index < -0.39 is 0 Å². The van der Waals surface area contributed by atoms with Crippen LogP contribution in [0.4, 0.5) is 0 Å². The van der Waals surface area contributed by atoms with Crippen molar-refractivity contribution < 1.29 is 18.7 Å². The van der Waals surface area contributed by atoms with Gasteiger partial charge in [-0.2, -0.15) is 0 Å². The molecule has 6 heteroatoms. The molecule has 3 aromatic rings. The number of methoxy groups -OCH3 is 2. The first-order valence-corrected chi connectivity index (χ1v) is 9.57. The van der Waals surface area contributed by atoms with Crippen molar-refractivity contribution in [2.24, 2.45) is 0 Å². The van der Waals surface area contributed by atoms with Gasteiger partial charge in [0.25, 0.3) is 0 Å². The number of carbonyl (C=O) groups is 1. The molecule has 0 saturated carbocycles. The summed E-state index contributed by atoms with van der Waals surface area (Å²) in [5, 5.41) is 0.553. The van der Waals surface area contributed by atoms with Gasteiger partial charge in [0.1, 0.15) is 0 Å². The van der Waals surface area contributed by atoms with Gasteiger partial charge in [0.15, 0.2) is 23.0 Å². The van der Waals surface area contributed by atoms with Crippen LogP contribution in [0.3, 0.4) is 0 Å². The van der Waals surface area contributed by atoms with Gasteiger partial charge in [-0.15, -0.1) is 11.8 Å². The topological polar surface area (TPSA) is 48.7 Å². The van der Waals surface area contributed by atoms with Gasteiger partial charge in [-0.3, -0.25) is 4.79 Å². The summed E-state index contributed by atoms with van der Waals surface area (Å²) in [6.07, 6.45) is 1.79. The van der Waals surface area contributed by atoms with Gasteiger partial charge in [0, 0.05) is 21.6 Å². The molecule has 0 aliphatic rings. The van der Waals surface area contributed by atoms with Crippen LogP contribution in [0.25, 0.3) is 0 Å². The first kappa shape index (κ1) is 19.4. The second-order valence-corrected chi connectivity index (χ2v) is 7.49. The zero-order chi connectivity index (χ0) is 19.2. The van der Waals surface area contributed by atoms with E-state index in [-0.39, 0.29) is 17.5 Å². The number of halogens is 1. The zero-order valence-corrected chi connectivity index (χ0v) is 16.5. The Bertz CT molecular complexity index is 891. The average molecular weight is 403 g/mol. The standard InChI is InChI=1S/C21H19ClO4S/c1-24-19-10-5-14(12-20(19)25-2)21(13-17(23)18-4-3-11-26-18)27-16-8-6-15(22)7-9-16/h3-12,21H,13H2,1-2H3/t21-/m1/s1. The zero-order valence-electron chi connectivity index (χ0n) is 15.0. The van der Waals surface area contributed by atoms with Gasteiger partial charge < -0.3 is 13.9 Å². The summed E-state index contributed by atoms with van der Waals surface area (Å²) in [6, 6.07) is 16.7. The maximum atomic E-state index is 12.6. The summed E-state index contributed by atoms with van der Waals surface area (Å²) in [5.74, 6) is 1.58. The molecule has 0 unspecified atom stereocenters. The minimum absolute atomic E-state index is 0.0544. The van der Waals surface area contributed by atoms with E-state index in [9.17, 15) is 4.79 Å². The number of furan rings is 1. The molecule has 2 aromatic carbocycles. The number of ether oxygens (including phenoxy) is 2. The third-order valence-corrected chi connectivity index (χ3v) is 5.56. The Labute approximate surface area is 167 Å². The first-order chi connectivity index (χ1) is 13.1. The summed E-state index contributed by atoms with van der Waals surface area (Å²) in [4.78, 5) is 13.6. The molecule has 0 bridgehead atoms. The van der Waals surface area contributed by atoms with Crippen molar-refractivity contribution in [1.82, 2.24) is 0 Å². The molecule has 27 heavy (non-hydrogen) atoms. The van der Waals surface area contributed by atoms with Gasteiger partial charge in [0.2, 0.25) is 0 Å². The maximum absolute atomic E-state index is 12.6. The molecule has 4 nitrogen and oxygen atoms in total. The third-order valence-electron chi connectivity index (χ3n) is 4.04. The minimum atomic E-state index is -0.122. The van der Waals surface area contributed by atoms with Crippen LogP contribution < -0.4 is 9.47 Å². The molecule has 0 saturated heterocycles. The maximum Gasteiger partial charge on any atom is 0.199 e. The quantitative estimate of drug-likeness (QED) is 0.338. The smallest absolute Gasteiger partial charge is 0.199 e. The van der Waals surface area contributed by atoms with Crippen LogP contribution in [-0.4, -0.2) is 20.0 Å². The summed E-state index contributed by atoms with van der Waals surface area (Å²) in [5.41, 5.74) is 0.965. The van der Waals surface area contributed by atoms with Crippen LogP contribution in [-0.2, 0) is 0 Å². The van der Waals surface area contributed by atoms with Crippen LogP contribution >= 0.6 is 23.4 Å². The van der Waals surface area contributed by atoms with E-state index in [1.54, 1.807) is 38.1 Å². The van der Waals surface area contributed by atoms with Gasteiger partial charge in [0.05, 0.1) is 20.5 Å². The summed E-state index contributed by atoms with van der Waals surface area (Å²) in [7, 11) is 3.19. The van der Waals surface area contributed by atoms with E-state index >= 15 is 0 Å². The largest absolute Gasteiger partial charge is 0.493 e. The van der Waals surface area contributed by atoms with Crippen LogP contribution in [0.5, 0.6) is 11.5 Å². The third kappa shape index (κ3) is 4.87. The van der Waals surface area contributed by atoms with Crippen molar-refractivity contribution in [3.63, 3.8) is 0 Å². The molecule has 0 radical (unpaired) electrons. The molecule has 0 aliphatic heterocycles. The number of rotatable bonds is 8. The Kier molecular flexibility index (Phi) is 6.48. The van der Waals surface area contributed by atoms with Crippen molar-refractivity contribution in [3.05, 3.63) is 77.2 Å². The van der Waals surface area contributed by atoms with Crippen LogP contribution in [0.15, 0.2) is 70.2 Å². The Morgan fingerprint density at radius 2 is 1.81 bits per heavy atom. The number of Topliss-reactive ketones (excluding diaryl/α,β-unsaturated/α-hetero) is 1. The van der Waals surface area contributed by atoms with Crippen molar-refractivity contribution >= 4 is 29.1 Å². The predicted molar refractivity (Wildman–Crippen MR) is 107 cm³/mol. The highest BCUT2D eigenvalue weighted by Gasteiger charge is 2.21. The lowest BCUT2D eigenvalue weighted by Crippen LogP contribution is -2.05. The summed E-state index contributed by atoms with van der Waals surface area (Å²) < 4.78 is 16.0. The molecule has 1 heterocycles. The van der Waals surface area contributed by atoms with E-state index in [1.807, 2.05) is 42.5 Å². The van der Waals surface area contributed by atoms with E-state index in [1.165, 1.54) is 6.26 Å². The van der Waals surface area contributed by atoms with Gasteiger partial charge in [-0.1, -0.05) is 17.7 Å². The Hall–Kier alpha value is -2.37. The molecule has 3 rings (SSSR count). The molecular formula is C21H19ClO4S. The summed E-state index contributed by atoms with van der Waals surface area (Å²) in [6.45, 7) is 0. The molecular weight excluding hydrogens is 384 g/mol. The molecule has 1 atom stereocenters. The van der Waals surface area contributed by atoms with E-state index in [0.29, 0.717) is 22.3 Å². The number of benzene rings is 2. The fourth-order valence-corrected chi connectivity index (χ4v) is 3.93. The number of carbonyl (C=O) groups excluding carboxylic acids is 1. The van der Waals surface area contributed by atoms with Gasteiger partial charge >= 0.3 is 0 Å². The Morgan fingerprint density at radius 1 is 1.07 bits per heavy atom. The van der Waals surface area contributed by atoms with E-state index in [4.69, 9.17) is 25.5 Å². The number of ketones is 1. The summed E-state index contributed by atoms with van der Waals surface area (Å²) >= 11 is 7.58. The van der Waals surface area contributed by atoms with E-state index in [0.717, 1.165) is 10.5 Å². The van der Waals surface area contributed by atoms with Crippen molar-refractivity contribution in [3.8, 4) is 11.5 Å². The fraction of sp³-hybridized carbons (Fsp3) is 0.190. The predicted octanol–water partition coefficient (Wildman–Crippen LogP) is 6.06. The highest BCUT2D eigenvalue weighted by molar-refractivity contribution is 7.99. The number of thioether (sulfide) groups is 1. The lowest BCUT2D eigenvalue weighted by molar-refractivity contribution is 0.0955. The van der Waals surface area contributed by atoms with Crippen LogP contribution in [0.2, 0.25) is 5.02 Å². The van der Waals surface area contributed by atoms with Crippen molar-refractivity contribution in [2.75, 3.05) is 14.2 Å². The second-order valence-electron chi connectivity index (χ2n) is 5.78. The van der Waals surface area contributed by atoms with Crippen molar-refractivity contribution in [1.29, 1.82) is 0 Å². The molecule has 0 spiro atoms. The van der Waals surface area contributed by atoms with E-state index in [2.05, 4.69) is 0 Å². The Morgan fingerprint density at radius 3 is 2.44 bits per heavy atom. The van der Waals surface area contributed by atoms with Gasteiger partial charge in [-0.25, -0.2) is 0 Å². The molecule has 0 fully saturated rings. The number of hydrogen-bond acceptors (Lipinski definition) is 5. The molecule has 0 N–H and O–H groups in total. The molecule has 140 valence electrons. The minimum Gasteiger partial charge on any atom is -0.493 e. The normalized spacial score (nSPS) is 11.8. The second kappa shape index (κ2) is 9.02. The highest BCUT2D eigenvalue weighted by Crippen LogP contribution is 2.41. The highest BCUT2D eigenvalue weighted by atomic mass is 35.5. The van der Waals surface area contributed by atoms with Gasteiger partial charge in [-0.05, 0) is 54.1 Å². The number of hydrogen-bond donors (Lipinski definition) is 0. The monoisotopic (exact) mass is 402 g/mol. The van der Waals surface area contributed by atoms with Crippen molar-refractivity contribution in [2.45, 2.75) is 16.6 Å². The molecule has 1 aromatic heterocycles. The fourth-order valence-electron chi connectivity index (χ4n) is 2.66. The first-order valence-electron chi connectivity index (χ1n) is 8.31. The van der Waals surface area contributed by atoms with Crippen LogP contribution in [0.1, 0.15) is 27.8 Å². The lowest BCUT2D eigenvalue weighted by atomic mass is 10.1. The van der Waals surface area contributed by atoms with Crippen LogP contribution in [0, 0.1) is 0 Å². The lowest BCUT2D eigenvalue weighted by Gasteiger charge is -2.18. The average Bonchev–Trinajstić information content (AvgIpc) is 3.23. The SMILES string of the molecule is COc1ccc([C@@H](CC(=O)c2ccco2)Sc2ccc(Cl)cc2)cc1OC. The molecule has 0 aliphatic carbocycles. The Balaban J connectivity index is 1.91.